The van der Waals surface area contributed by atoms with E-state index in [0.29, 0.717) is 6.54 Å². The lowest BCUT2D eigenvalue weighted by Gasteiger charge is -2.31. The number of anilines is 1. The summed E-state index contributed by atoms with van der Waals surface area (Å²) in [7, 11) is 0. The van der Waals surface area contributed by atoms with Crippen molar-refractivity contribution in [1.29, 1.82) is 0 Å². The number of benzene rings is 1. The first-order valence-electron chi connectivity index (χ1n) is 6.46. The summed E-state index contributed by atoms with van der Waals surface area (Å²) in [6, 6.07) is 4.79. The maximum absolute atomic E-state index is 12.3. The van der Waals surface area contributed by atoms with Crippen molar-refractivity contribution < 1.29 is 9.59 Å². The van der Waals surface area contributed by atoms with Gasteiger partial charge in [0.25, 0.3) is 0 Å². The van der Waals surface area contributed by atoms with Crippen LogP contribution in [-0.2, 0) is 11.2 Å². The molecule has 3 N–H and O–H groups in total. The molecule has 1 aromatic carbocycles. The standard InChI is InChI=1S/C14H19N3O2/c1-9-5-6-12-11(8-9)4-3-7-17(12)13(18)10(2)16-14(15)19/h5-6,8,10H,3-4,7H2,1-2H3,(H3,15,16,19). The van der Waals surface area contributed by atoms with Crippen LogP contribution in [-0.4, -0.2) is 24.5 Å². The average molecular weight is 261 g/mol. The first-order valence-corrected chi connectivity index (χ1v) is 6.46. The van der Waals surface area contributed by atoms with Crippen LogP contribution in [0, 0.1) is 6.92 Å². The molecular weight excluding hydrogens is 242 g/mol. The molecule has 19 heavy (non-hydrogen) atoms. The third kappa shape index (κ3) is 2.86. The Hall–Kier alpha value is -2.04. The zero-order valence-corrected chi connectivity index (χ0v) is 11.3. The molecule has 1 unspecified atom stereocenters. The number of aryl methyl sites for hydroxylation is 2. The Morgan fingerprint density at radius 1 is 1.42 bits per heavy atom. The lowest BCUT2D eigenvalue weighted by molar-refractivity contribution is -0.120. The molecule has 0 spiro atoms. The molecule has 2 rings (SSSR count). The number of primary amides is 1. The Labute approximate surface area is 112 Å². The molecule has 1 aliphatic heterocycles. The Morgan fingerprint density at radius 3 is 2.84 bits per heavy atom. The number of rotatable bonds is 2. The molecule has 0 fully saturated rings. The summed E-state index contributed by atoms with van der Waals surface area (Å²) in [4.78, 5) is 24.9. The minimum Gasteiger partial charge on any atom is -0.352 e. The molecule has 0 aliphatic carbocycles. The molecule has 0 radical (unpaired) electrons. The number of fused-ring (bicyclic) bond motifs is 1. The average Bonchev–Trinajstić information content (AvgIpc) is 2.36. The minimum absolute atomic E-state index is 0.122. The van der Waals surface area contributed by atoms with Crippen molar-refractivity contribution >= 4 is 17.6 Å². The van der Waals surface area contributed by atoms with Crippen molar-refractivity contribution in [2.75, 3.05) is 11.4 Å². The van der Waals surface area contributed by atoms with Gasteiger partial charge in [0, 0.05) is 12.2 Å². The predicted octanol–water partition coefficient (Wildman–Crippen LogP) is 1.33. The lowest BCUT2D eigenvalue weighted by atomic mass is 9.99. The molecular formula is C14H19N3O2. The summed E-state index contributed by atoms with van der Waals surface area (Å²) in [6.07, 6.45) is 1.92. The van der Waals surface area contributed by atoms with E-state index in [4.69, 9.17) is 5.73 Å². The van der Waals surface area contributed by atoms with E-state index in [2.05, 4.69) is 11.4 Å². The van der Waals surface area contributed by atoms with Crippen LogP contribution in [0.3, 0.4) is 0 Å². The van der Waals surface area contributed by atoms with Gasteiger partial charge in [-0.05, 0) is 38.3 Å². The third-order valence-electron chi connectivity index (χ3n) is 3.35. The molecule has 0 bridgehead atoms. The number of urea groups is 1. The van der Waals surface area contributed by atoms with Crippen LogP contribution in [0.25, 0.3) is 0 Å². The highest BCUT2D eigenvalue weighted by atomic mass is 16.2. The molecule has 0 saturated heterocycles. The highest BCUT2D eigenvalue weighted by Crippen LogP contribution is 2.28. The molecule has 102 valence electrons. The van der Waals surface area contributed by atoms with Gasteiger partial charge in [0.05, 0.1) is 0 Å². The summed E-state index contributed by atoms with van der Waals surface area (Å²) in [6.45, 7) is 4.37. The van der Waals surface area contributed by atoms with Crippen molar-refractivity contribution in [3.8, 4) is 0 Å². The van der Waals surface area contributed by atoms with Gasteiger partial charge < -0.3 is 16.0 Å². The largest absolute Gasteiger partial charge is 0.352 e. The Balaban J connectivity index is 2.23. The van der Waals surface area contributed by atoms with Gasteiger partial charge in [-0.1, -0.05) is 17.7 Å². The van der Waals surface area contributed by atoms with Gasteiger partial charge >= 0.3 is 6.03 Å². The van der Waals surface area contributed by atoms with Gasteiger partial charge in [-0.2, -0.15) is 0 Å². The van der Waals surface area contributed by atoms with E-state index < -0.39 is 12.1 Å². The Morgan fingerprint density at radius 2 is 2.16 bits per heavy atom. The highest BCUT2D eigenvalue weighted by molar-refractivity contribution is 5.99. The molecule has 3 amide bonds. The van der Waals surface area contributed by atoms with Crippen molar-refractivity contribution in [3.05, 3.63) is 29.3 Å². The highest BCUT2D eigenvalue weighted by Gasteiger charge is 2.26. The number of hydrogen-bond donors (Lipinski definition) is 2. The zero-order valence-electron chi connectivity index (χ0n) is 11.3. The van der Waals surface area contributed by atoms with Gasteiger partial charge in [0.1, 0.15) is 6.04 Å². The molecule has 5 nitrogen and oxygen atoms in total. The van der Waals surface area contributed by atoms with Crippen molar-refractivity contribution in [1.82, 2.24) is 5.32 Å². The second kappa shape index (κ2) is 5.30. The summed E-state index contributed by atoms with van der Waals surface area (Å²) in [5, 5.41) is 2.43. The van der Waals surface area contributed by atoms with Crippen LogP contribution < -0.4 is 16.0 Å². The van der Waals surface area contributed by atoms with E-state index in [9.17, 15) is 9.59 Å². The predicted molar refractivity (Wildman–Crippen MR) is 74.0 cm³/mol. The fourth-order valence-corrected chi connectivity index (χ4v) is 2.46. The fourth-order valence-electron chi connectivity index (χ4n) is 2.46. The van der Waals surface area contributed by atoms with Gasteiger partial charge in [-0.15, -0.1) is 0 Å². The normalized spacial score (nSPS) is 15.6. The monoisotopic (exact) mass is 261 g/mol. The maximum Gasteiger partial charge on any atom is 0.312 e. The summed E-state index contributed by atoms with van der Waals surface area (Å²) in [5.41, 5.74) is 8.38. The van der Waals surface area contributed by atoms with Crippen LogP contribution >= 0.6 is 0 Å². The molecule has 1 aromatic rings. The Kier molecular flexibility index (Phi) is 3.74. The summed E-state index contributed by atoms with van der Waals surface area (Å²) < 4.78 is 0. The van der Waals surface area contributed by atoms with E-state index in [1.807, 2.05) is 19.1 Å². The lowest BCUT2D eigenvalue weighted by Crippen LogP contribution is -2.50. The third-order valence-corrected chi connectivity index (χ3v) is 3.35. The quantitative estimate of drug-likeness (QED) is 0.842. The minimum atomic E-state index is -0.679. The topological polar surface area (TPSA) is 75.4 Å². The summed E-state index contributed by atoms with van der Waals surface area (Å²) >= 11 is 0. The van der Waals surface area contributed by atoms with E-state index >= 15 is 0 Å². The van der Waals surface area contributed by atoms with E-state index in [0.717, 1.165) is 18.5 Å². The van der Waals surface area contributed by atoms with Crippen molar-refractivity contribution in [2.24, 2.45) is 5.73 Å². The molecule has 0 aromatic heterocycles. The maximum atomic E-state index is 12.3. The van der Waals surface area contributed by atoms with Gasteiger partial charge in [-0.3, -0.25) is 4.79 Å². The zero-order chi connectivity index (χ0) is 14.0. The van der Waals surface area contributed by atoms with Gasteiger partial charge in [-0.25, -0.2) is 4.79 Å². The first-order chi connectivity index (χ1) is 8.99. The van der Waals surface area contributed by atoms with Crippen molar-refractivity contribution in [3.63, 3.8) is 0 Å². The van der Waals surface area contributed by atoms with Crippen LogP contribution in [0.2, 0.25) is 0 Å². The molecule has 1 atom stereocenters. The summed E-state index contributed by atoms with van der Waals surface area (Å²) in [5.74, 6) is -0.122. The first kappa shape index (κ1) is 13.4. The van der Waals surface area contributed by atoms with E-state index in [1.54, 1.807) is 11.8 Å². The molecule has 1 heterocycles. The molecule has 5 heteroatoms. The number of nitrogens with two attached hydrogens (primary N) is 1. The van der Waals surface area contributed by atoms with Crippen LogP contribution in [0.5, 0.6) is 0 Å². The van der Waals surface area contributed by atoms with E-state index in [-0.39, 0.29) is 5.91 Å². The fraction of sp³-hybridized carbons (Fsp3) is 0.429. The smallest absolute Gasteiger partial charge is 0.312 e. The van der Waals surface area contributed by atoms with Crippen LogP contribution in [0.4, 0.5) is 10.5 Å². The number of nitrogens with zero attached hydrogens (tertiary/aromatic N) is 1. The van der Waals surface area contributed by atoms with Crippen LogP contribution in [0.15, 0.2) is 18.2 Å². The number of hydrogen-bond acceptors (Lipinski definition) is 2. The molecule has 1 aliphatic rings. The Bertz CT molecular complexity index is 513. The van der Waals surface area contributed by atoms with Crippen LogP contribution in [0.1, 0.15) is 24.5 Å². The van der Waals surface area contributed by atoms with Gasteiger partial charge in [0.2, 0.25) is 5.91 Å². The van der Waals surface area contributed by atoms with Gasteiger partial charge in [0.15, 0.2) is 0 Å². The number of amides is 3. The number of nitrogens with one attached hydrogen (secondary N) is 1. The van der Waals surface area contributed by atoms with E-state index in [1.165, 1.54) is 11.1 Å². The number of carbonyl (C=O) groups is 2. The molecule has 0 saturated carbocycles. The van der Waals surface area contributed by atoms with Crippen molar-refractivity contribution in [2.45, 2.75) is 32.7 Å². The second-order valence-corrected chi connectivity index (χ2v) is 4.96. The SMILES string of the molecule is Cc1ccc2c(c1)CCCN2C(=O)C(C)NC(N)=O. The number of carbonyl (C=O) groups excluding carboxylic acids is 2. The second-order valence-electron chi connectivity index (χ2n) is 4.96.